The minimum atomic E-state index is -2.48. The molecule has 38 heavy (non-hydrogen) atoms. The van der Waals surface area contributed by atoms with E-state index in [1.165, 1.54) is 7.11 Å². The van der Waals surface area contributed by atoms with Gasteiger partial charge in [0.05, 0.1) is 25.7 Å². The maximum absolute atomic E-state index is 13.7. The Hall–Kier alpha value is -2.82. The van der Waals surface area contributed by atoms with E-state index >= 15 is 0 Å². The maximum atomic E-state index is 13.7. The van der Waals surface area contributed by atoms with E-state index in [2.05, 4.69) is 9.64 Å². The molecular weight excluding hydrogens is 494 g/mol. The monoisotopic (exact) mass is 531 g/mol. The van der Waals surface area contributed by atoms with Crippen molar-refractivity contribution in [2.75, 3.05) is 34.1 Å². The third-order valence-corrected chi connectivity index (χ3v) is 8.53. The van der Waals surface area contributed by atoms with E-state index in [9.17, 15) is 19.8 Å². The molecule has 1 saturated heterocycles. The van der Waals surface area contributed by atoms with Crippen molar-refractivity contribution in [2.45, 2.75) is 75.2 Å². The van der Waals surface area contributed by atoms with Crippen molar-refractivity contribution in [2.24, 2.45) is 5.92 Å². The summed E-state index contributed by atoms with van der Waals surface area (Å²) in [6.07, 6.45) is 1.88. The Bertz CT molecular complexity index is 1130. The largest absolute Gasteiger partial charge is 0.497 e. The lowest BCUT2D eigenvalue weighted by molar-refractivity contribution is -0.195. The van der Waals surface area contributed by atoms with E-state index < -0.39 is 35.3 Å². The molecule has 10 heteroatoms. The number of esters is 2. The summed E-state index contributed by atoms with van der Waals surface area (Å²) in [6, 6.07) is 3.96. The minimum Gasteiger partial charge on any atom is -0.497 e. The zero-order valence-electron chi connectivity index (χ0n) is 22.4. The standard InChI is InChI=1S/C28H37NO9/c1-16(2)6-9-28(33,24(30)25(31)35-4)26(32)38-23-21(34-3)14-27-8-5-10-29(27)11-7-17-12-19-20(37-15-36-19)13-18(17)22(23)27/h12-14,16,22-24,30,33H,5-11,15H2,1-4H3/t22-,23-,24-,27-,28+/m0/s1. The first kappa shape index (κ1) is 26.8. The van der Waals surface area contributed by atoms with Gasteiger partial charge in [-0.3, -0.25) is 4.90 Å². The fourth-order valence-electron chi connectivity index (χ4n) is 6.48. The molecule has 1 aromatic carbocycles. The van der Waals surface area contributed by atoms with Crippen LogP contribution >= 0.6 is 0 Å². The van der Waals surface area contributed by atoms with E-state index in [0.29, 0.717) is 23.7 Å². The van der Waals surface area contributed by atoms with Crippen molar-refractivity contribution in [3.8, 4) is 11.5 Å². The van der Waals surface area contributed by atoms with Gasteiger partial charge in [-0.2, -0.15) is 0 Å². The molecule has 1 spiro atoms. The number of hydrogen-bond donors (Lipinski definition) is 2. The van der Waals surface area contributed by atoms with Gasteiger partial charge < -0.3 is 33.9 Å². The quantitative estimate of drug-likeness (QED) is 0.482. The second-order valence-electron chi connectivity index (χ2n) is 11.1. The van der Waals surface area contributed by atoms with Crippen LogP contribution in [-0.4, -0.2) is 84.5 Å². The lowest BCUT2D eigenvalue weighted by Gasteiger charge is -2.40. The van der Waals surface area contributed by atoms with Gasteiger partial charge in [0.1, 0.15) is 5.76 Å². The number of hydrogen-bond acceptors (Lipinski definition) is 10. The van der Waals surface area contributed by atoms with Crippen molar-refractivity contribution in [3.63, 3.8) is 0 Å². The number of ether oxygens (including phenoxy) is 5. The summed E-state index contributed by atoms with van der Waals surface area (Å²) in [5, 5.41) is 22.1. The molecule has 0 radical (unpaired) electrons. The number of methoxy groups -OCH3 is 2. The van der Waals surface area contributed by atoms with E-state index in [1.54, 1.807) is 0 Å². The highest BCUT2D eigenvalue weighted by molar-refractivity contribution is 5.89. The van der Waals surface area contributed by atoms with Crippen LogP contribution in [0.5, 0.6) is 11.5 Å². The zero-order valence-corrected chi connectivity index (χ0v) is 22.4. The summed E-state index contributed by atoms with van der Waals surface area (Å²) in [6.45, 7) is 5.70. The number of aliphatic hydroxyl groups is 2. The van der Waals surface area contributed by atoms with Crippen molar-refractivity contribution >= 4 is 11.9 Å². The fourth-order valence-corrected chi connectivity index (χ4v) is 6.48. The Morgan fingerprint density at radius 2 is 1.95 bits per heavy atom. The third kappa shape index (κ3) is 4.23. The number of nitrogens with zero attached hydrogens (tertiary/aromatic N) is 1. The highest BCUT2D eigenvalue weighted by Crippen LogP contribution is 2.55. The van der Waals surface area contributed by atoms with Gasteiger partial charge >= 0.3 is 11.9 Å². The Morgan fingerprint density at radius 1 is 1.21 bits per heavy atom. The average molecular weight is 532 g/mol. The number of carbonyl (C=O) groups excluding carboxylic acids is 2. The molecule has 3 heterocycles. The van der Waals surface area contributed by atoms with Crippen molar-refractivity contribution < 1.29 is 43.5 Å². The average Bonchev–Trinajstić information content (AvgIpc) is 3.59. The maximum Gasteiger partial charge on any atom is 0.342 e. The number of fused-ring (bicyclic) bond motifs is 3. The van der Waals surface area contributed by atoms with Gasteiger partial charge in [-0.15, -0.1) is 0 Å². The van der Waals surface area contributed by atoms with E-state index in [0.717, 1.165) is 50.6 Å². The molecule has 5 atom stereocenters. The summed E-state index contributed by atoms with van der Waals surface area (Å²) in [4.78, 5) is 28.4. The van der Waals surface area contributed by atoms with Crippen LogP contribution < -0.4 is 9.47 Å². The molecule has 0 bridgehead atoms. The summed E-state index contributed by atoms with van der Waals surface area (Å²) in [7, 11) is 2.62. The van der Waals surface area contributed by atoms with Gasteiger partial charge in [-0.25, -0.2) is 9.59 Å². The molecule has 1 aromatic rings. The van der Waals surface area contributed by atoms with Gasteiger partial charge in [0.2, 0.25) is 6.79 Å². The van der Waals surface area contributed by atoms with Crippen LogP contribution in [0, 0.1) is 5.92 Å². The second kappa shape index (κ2) is 10.1. The molecule has 4 aliphatic rings. The van der Waals surface area contributed by atoms with Crippen molar-refractivity contribution in [1.82, 2.24) is 4.90 Å². The molecule has 208 valence electrons. The van der Waals surface area contributed by atoms with Crippen molar-refractivity contribution in [1.29, 1.82) is 0 Å². The summed E-state index contributed by atoms with van der Waals surface area (Å²) < 4.78 is 27.8. The van der Waals surface area contributed by atoms with Crippen LogP contribution in [0.2, 0.25) is 0 Å². The first-order valence-electron chi connectivity index (χ1n) is 13.3. The normalized spacial score (nSPS) is 27.9. The number of aliphatic hydroxyl groups excluding tert-OH is 1. The molecular formula is C28H37NO9. The summed E-state index contributed by atoms with van der Waals surface area (Å²) in [5.41, 5.74) is -0.890. The predicted molar refractivity (Wildman–Crippen MR) is 135 cm³/mol. The highest BCUT2D eigenvalue weighted by atomic mass is 16.7. The van der Waals surface area contributed by atoms with Crippen LogP contribution in [-0.2, 0) is 30.2 Å². The molecule has 0 saturated carbocycles. The van der Waals surface area contributed by atoms with Crippen LogP contribution in [0.4, 0.5) is 0 Å². The molecule has 1 fully saturated rings. The molecule has 0 unspecified atom stereocenters. The third-order valence-electron chi connectivity index (χ3n) is 8.53. The van der Waals surface area contributed by atoms with Gasteiger partial charge in [0.25, 0.3) is 0 Å². The Morgan fingerprint density at radius 3 is 2.63 bits per heavy atom. The zero-order chi connectivity index (χ0) is 27.2. The van der Waals surface area contributed by atoms with Crippen LogP contribution in [0.1, 0.15) is 56.6 Å². The lowest BCUT2D eigenvalue weighted by Crippen LogP contribution is -2.56. The SMILES string of the molecule is COC(=O)[C@H](O)[C@](O)(CCC(C)C)C(=O)O[C@H]1C(OC)=C[C@]23CCCN2CCc2cc4c(cc2[C@@H]13)OCO4. The predicted octanol–water partition coefficient (Wildman–Crippen LogP) is 2.05. The fraction of sp³-hybridized carbons (Fsp3) is 0.643. The van der Waals surface area contributed by atoms with Gasteiger partial charge in [-0.05, 0) is 73.9 Å². The summed E-state index contributed by atoms with van der Waals surface area (Å²) in [5.74, 6) is -0.634. The van der Waals surface area contributed by atoms with E-state index in [1.807, 2.05) is 32.1 Å². The highest BCUT2D eigenvalue weighted by Gasteiger charge is 2.59. The van der Waals surface area contributed by atoms with Gasteiger partial charge in [0.15, 0.2) is 29.3 Å². The molecule has 0 amide bonds. The Balaban J connectivity index is 1.56. The second-order valence-corrected chi connectivity index (χ2v) is 11.1. The smallest absolute Gasteiger partial charge is 0.342 e. The first-order chi connectivity index (χ1) is 18.1. The first-order valence-corrected chi connectivity index (χ1v) is 13.3. The molecule has 2 N–H and O–H groups in total. The molecule has 3 aliphatic heterocycles. The van der Waals surface area contributed by atoms with Gasteiger partial charge in [0, 0.05) is 6.54 Å². The number of rotatable bonds is 8. The molecule has 5 rings (SSSR count). The van der Waals surface area contributed by atoms with Crippen LogP contribution in [0.25, 0.3) is 0 Å². The Labute approximate surface area is 222 Å². The van der Waals surface area contributed by atoms with Gasteiger partial charge in [-0.1, -0.05) is 13.8 Å². The summed E-state index contributed by atoms with van der Waals surface area (Å²) >= 11 is 0. The lowest BCUT2D eigenvalue weighted by atomic mass is 9.77. The molecule has 1 aliphatic carbocycles. The Kier molecular flexibility index (Phi) is 7.08. The number of benzene rings is 1. The molecule has 0 aromatic heterocycles. The minimum absolute atomic E-state index is 0.105. The van der Waals surface area contributed by atoms with Crippen molar-refractivity contribution in [3.05, 3.63) is 35.1 Å². The molecule has 10 nitrogen and oxygen atoms in total. The van der Waals surface area contributed by atoms with E-state index in [4.69, 9.17) is 18.9 Å². The van der Waals surface area contributed by atoms with Crippen LogP contribution in [0.3, 0.4) is 0 Å². The van der Waals surface area contributed by atoms with Crippen LogP contribution in [0.15, 0.2) is 24.0 Å². The van der Waals surface area contributed by atoms with E-state index in [-0.39, 0.29) is 25.0 Å². The topological polar surface area (TPSA) is 124 Å². The number of carbonyl (C=O) groups is 2.